The summed E-state index contributed by atoms with van der Waals surface area (Å²) >= 11 is 6.38. The van der Waals surface area contributed by atoms with Crippen molar-refractivity contribution in [2.24, 2.45) is 5.92 Å². The maximum Gasteiger partial charge on any atom is 0.246 e. The molecule has 0 N–H and O–H groups in total. The highest BCUT2D eigenvalue weighted by molar-refractivity contribution is 6.31. The van der Waals surface area contributed by atoms with Gasteiger partial charge in [-0.3, -0.25) is 14.5 Å². The van der Waals surface area contributed by atoms with E-state index in [9.17, 15) is 4.79 Å². The van der Waals surface area contributed by atoms with Crippen LogP contribution in [0.1, 0.15) is 30.7 Å². The molecule has 128 valence electrons. The fraction of sp³-hybridized carbons (Fsp3) is 0.389. The van der Waals surface area contributed by atoms with Gasteiger partial charge >= 0.3 is 0 Å². The number of hydrogen-bond acceptors (Lipinski definition) is 3. The lowest BCUT2D eigenvalue weighted by molar-refractivity contribution is -0.125. The maximum atomic E-state index is 12.3. The second-order valence-corrected chi connectivity index (χ2v) is 6.61. The second kappa shape index (κ2) is 8.11. The topological polar surface area (TPSA) is 51.0 Å². The SMILES string of the molecule is Cc1nn(CC(C)C)c(Cl)c1C=CC(=O)N(C)Cc1cccnc1. The largest absolute Gasteiger partial charge is 0.338 e. The molecule has 0 fully saturated rings. The molecule has 0 radical (unpaired) electrons. The molecule has 2 rings (SSSR count). The number of carbonyl (C=O) groups excluding carboxylic acids is 1. The number of rotatable bonds is 6. The number of aromatic nitrogens is 3. The van der Waals surface area contributed by atoms with Gasteiger partial charge in [0.2, 0.25) is 5.91 Å². The van der Waals surface area contributed by atoms with E-state index in [2.05, 4.69) is 23.9 Å². The van der Waals surface area contributed by atoms with E-state index in [1.54, 1.807) is 35.1 Å². The smallest absolute Gasteiger partial charge is 0.246 e. The first-order valence-electron chi connectivity index (χ1n) is 7.93. The lowest BCUT2D eigenvalue weighted by Gasteiger charge is -2.14. The highest BCUT2D eigenvalue weighted by Crippen LogP contribution is 2.22. The number of hydrogen-bond donors (Lipinski definition) is 0. The average Bonchev–Trinajstić information content (AvgIpc) is 2.79. The fourth-order valence-corrected chi connectivity index (χ4v) is 2.66. The van der Waals surface area contributed by atoms with E-state index >= 15 is 0 Å². The van der Waals surface area contributed by atoms with E-state index in [4.69, 9.17) is 11.6 Å². The van der Waals surface area contributed by atoms with Gasteiger partial charge in [0.1, 0.15) is 5.15 Å². The van der Waals surface area contributed by atoms with E-state index in [1.165, 1.54) is 6.08 Å². The molecular weight excluding hydrogens is 324 g/mol. The molecular formula is C18H23ClN4O. The fourth-order valence-electron chi connectivity index (χ4n) is 2.35. The number of halogens is 1. The summed E-state index contributed by atoms with van der Waals surface area (Å²) in [6.07, 6.45) is 6.74. The summed E-state index contributed by atoms with van der Waals surface area (Å²) in [7, 11) is 1.76. The quantitative estimate of drug-likeness (QED) is 0.751. The number of nitrogens with zero attached hydrogens (tertiary/aromatic N) is 4. The third-order valence-corrected chi connectivity index (χ3v) is 3.96. The zero-order valence-electron chi connectivity index (χ0n) is 14.5. The van der Waals surface area contributed by atoms with Crippen molar-refractivity contribution >= 4 is 23.6 Å². The first-order chi connectivity index (χ1) is 11.4. The Kier molecular flexibility index (Phi) is 6.15. The average molecular weight is 347 g/mol. The lowest BCUT2D eigenvalue weighted by Crippen LogP contribution is -2.24. The Morgan fingerprint density at radius 2 is 2.21 bits per heavy atom. The van der Waals surface area contributed by atoms with Crippen LogP contribution in [-0.2, 0) is 17.9 Å². The molecule has 2 aromatic heterocycles. The molecule has 6 heteroatoms. The maximum absolute atomic E-state index is 12.3. The highest BCUT2D eigenvalue weighted by atomic mass is 35.5. The van der Waals surface area contributed by atoms with Crippen LogP contribution < -0.4 is 0 Å². The second-order valence-electron chi connectivity index (χ2n) is 6.25. The Bertz CT molecular complexity index is 722. The van der Waals surface area contributed by atoms with E-state index in [1.807, 2.05) is 19.1 Å². The van der Waals surface area contributed by atoms with Crippen LogP contribution >= 0.6 is 11.6 Å². The van der Waals surface area contributed by atoms with E-state index in [0.29, 0.717) is 17.6 Å². The molecule has 0 aliphatic carbocycles. The molecule has 0 saturated heterocycles. The molecule has 0 spiro atoms. The van der Waals surface area contributed by atoms with Crippen molar-refractivity contribution in [3.8, 4) is 0 Å². The van der Waals surface area contributed by atoms with Crippen LogP contribution in [0.3, 0.4) is 0 Å². The van der Waals surface area contributed by atoms with Crippen molar-refractivity contribution < 1.29 is 4.79 Å². The lowest BCUT2D eigenvalue weighted by atomic mass is 10.2. The third-order valence-electron chi connectivity index (χ3n) is 3.56. The summed E-state index contributed by atoms with van der Waals surface area (Å²) in [6, 6.07) is 3.80. The number of pyridine rings is 1. The summed E-state index contributed by atoms with van der Waals surface area (Å²) in [4.78, 5) is 18.0. The first-order valence-corrected chi connectivity index (χ1v) is 8.31. The van der Waals surface area contributed by atoms with E-state index < -0.39 is 0 Å². The Balaban J connectivity index is 2.07. The van der Waals surface area contributed by atoms with Gasteiger partial charge < -0.3 is 4.90 Å². The van der Waals surface area contributed by atoms with Crippen molar-refractivity contribution in [3.63, 3.8) is 0 Å². The minimum atomic E-state index is -0.0917. The number of carbonyl (C=O) groups is 1. The molecule has 24 heavy (non-hydrogen) atoms. The Labute approximate surface area is 147 Å². The summed E-state index contributed by atoms with van der Waals surface area (Å²) < 4.78 is 1.78. The number of aryl methyl sites for hydroxylation is 1. The molecule has 0 atom stereocenters. The van der Waals surface area contributed by atoms with Gasteiger partial charge in [-0.2, -0.15) is 5.10 Å². The number of likely N-dealkylation sites (N-methyl/N-ethyl adjacent to an activating group) is 1. The molecule has 5 nitrogen and oxygen atoms in total. The van der Waals surface area contributed by atoms with Gasteiger partial charge in [0, 0.05) is 44.2 Å². The van der Waals surface area contributed by atoms with Gasteiger partial charge in [-0.1, -0.05) is 31.5 Å². The molecule has 0 aromatic carbocycles. The van der Waals surface area contributed by atoms with Crippen LogP contribution in [0.25, 0.3) is 6.08 Å². The van der Waals surface area contributed by atoms with Gasteiger partial charge in [0.05, 0.1) is 5.69 Å². The van der Waals surface area contributed by atoms with E-state index in [0.717, 1.165) is 23.4 Å². The van der Waals surface area contributed by atoms with Gasteiger partial charge in [-0.15, -0.1) is 0 Å². The first kappa shape index (κ1) is 18.2. The predicted molar refractivity (Wildman–Crippen MR) is 96.6 cm³/mol. The van der Waals surface area contributed by atoms with Crippen molar-refractivity contribution in [2.45, 2.75) is 33.9 Å². The molecule has 0 saturated carbocycles. The molecule has 2 heterocycles. The van der Waals surface area contributed by atoms with Gasteiger partial charge in [-0.05, 0) is 30.5 Å². The molecule has 0 bridgehead atoms. The van der Waals surface area contributed by atoms with E-state index in [-0.39, 0.29) is 5.91 Å². The van der Waals surface area contributed by atoms with Gasteiger partial charge in [-0.25, -0.2) is 0 Å². The van der Waals surface area contributed by atoms with Crippen molar-refractivity contribution in [1.29, 1.82) is 0 Å². The third kappa shape index (κ3) is 4.68. The molecule has 1 amide bonds. The van der Waals surface area contributed by atoms with Crippen LogP contribution in [0, 0.1) is 12.8 Å². The molecule has 2 aromatic rings. The predicted octanol–water partition coefficient (Wildman–Crippen LogP) is 3.57. The Morgan fingerprint density at radius 3 is 2.83 bits per heavy atom. The van der Waals surface area contributed by atoms with Crippen molar-refractivity contribution in [1.82, 2.24) is 19.7 Å². The summed E-state index contributed by atoms with van der Waals surface area (Å²) in [5, 5.41) is 5.01. The monoisotopic (exact) mass is 346 g/mol. The van der Waals surface area contributed by atoms with Crippen LogP contribution in [0.5, 0.6) is 0 Å². The van der Waals surface area contributed by atoms with Crippen molar-refractivity contribution in [3.05, 3.63) is 52.6 Å². The van der Waals surface area contributed by atoms with Crippen LogP contribution in [0.4, 0.5) is 0 Å². The minimum Gasteiger partial charge on any atom is -0.338 e. The summed E-state index contributed by atoms with van der Waals surface area (Å²) in [5.74, 6) is 0.358. The minimum absolute atomic E-state index is 0.0917. The van der Waals surface area contributed by atoms with Crippen LogP contribution in [-0.4, -0.2) is 32.6 Å². The summed E-state index contributed by atoms with van der Waals surface area (Å²) in [5.41, 5.74) is 2.60. The normalized spacial score (nSPS) is 11.4. The van der Waals surface area contributed by atoms with Crippen LogP contribution in [0.2, 0.25) is 5.15 Å². The number of amides is 1. The van der Waals surface area contributed by atoms with Gasteiger partial charge in [0.15, 0.2) is 0 Å². The molecule has 0 aliphatic heterocycles. The molecule has 0 unspecified atom stereocenters. The zero-order chi connectivity index (χ0) is 17.7. The zero-order valence-corrected chi connectivity index (χ0v) is 15.3. The van der Waals surface area contributed by atoms with Crippen LogP contribution in [0.15, 0.2) is 30.6 Å². The molecule has 0 aliphatic rings. The van der Waals surface area contributed by atoms with Crippen molar-refractivity contribution in [2.75, 3.05) is 7.05 Å². The Morgan fingerprint density at radius 1 is 1.46 bits per heavy atom. The van der Waals surface area contributed by atoms with Gasteiger partial charge in [0.25, 0.3) is 0 Å². The standard InChI is InChI=1S/C18H23ClN4O/c1-13(2)11-23-18(19)16(14(3)21-23)7-8-17(24)22(4)12-15-6-5-9-20-10-15/h5-10,13H,11-12H2,1-4H3. The highest BCUT2D eigenvalue weighted by Gasteiger charge is 2.13. The Hall–Kier alpha value is -2.14. The summed E-state index contributed by atoms with van der Waals surface area (Å²) in [6.45, 7) is 7.38.